The van der Waals surface area contributed by atoms with Gasteiger partial charge in [0.05, 0.1) is 49.3 Å². The van der Waals surface area contributed by atoms with E-state index >= 15 is 0 Å². The van der Waals surface area contributed by atoms with Gasteiger partial charge in [-0.2, -0.15) is 5.10 Å². The van der Waals surface area contributed by atoms with Crippen molar-refractivity contribution in [2.75, 3.05) is 52.7 Å². The van der Waals surface area contributed by atoms with Crippen LogP contribution in [0.5, 0.6) is 5.75 Å². The Labute approximate surface area is 302 Å². The van der Waals surface area contributed by atoms with E-state index in [2.05, 4.69) is 16.9 Å². The van der Waals surface area contributed by atoms with E-state index in [0.29, 0.717) is 55.5 Å². The van der Waals surface area contributed by atoms with Gasteiger partial charge in [-0.3, -0.25) is 10.00 Å². The number of carbonyl (C=O) groups excluding carboxylic acids is 1. The Hall–Kier alpha value is -4.22. The first-order valence-electron chi connectivity index (χ1n) is 17.9. The summed E-state index contributed by atoms with van der Waals surface area (Å²) in [7, 11) is 0. The first-order chi connectivity index (χ1) is 25.0. The topological polar surface area (TPSA) is 90.8 Å². The SMILES string of the molecule is CCOC(=O)c1c(CCCOc2cccc3cc(F)ccc23)c2ccc(Cl)c3c2n1C/C=C\CO[C@H](CCN1CCOCC1)c1n[nH]c(CC)c1-3. The second-order valence-electron chi connectivity index (χ2n) is 12.9. The molecule has 9 nitrogen and oxygen atoms in total. The average Bonchev–Trinajstić information content (AvgIpc) is 3.69. The molecule has 0 bridgehead atoms. The number of morpholine rings is 1. The fraction of sp³-hybridized carbons (Fsp3) is 0.400. The highest BCUT2D eigenvalue weighted by Gasteiger charge is 2.31. The van der Waals surface area contributed by atoms with Crippen molar-refractivity contribution in [2.24, 2.45) is 0 Å². The molecule has 11 heteroatoms. The Bertz CT molecular complexity index is 2050. The molecule has 0 spiro atoms. The van der Waals surface area contributed by atoms with Gasteiger partial charge < -0.3 is 23.5 Å². The minimum absolute atomic E-state index is 0.249. The van der Waals surface area contributed by atoms with Gasteiger partial charge in [0.2, 0.25) is 0 Å². The normalized spacial score (nSPS) is 17.3. The van der Waals surface area contributed by atoms with Gasteiger partial charge in [0.1, 0.15) is 23.4 Å². The Kier molecular flexibility index (Phi) is 11.0. The largest absolute Gasteiger partial charge is 0.493 e. The summed E-state index contributed by atoms with van der Waals surface area (Å²) in [5.41, 5.74) is 5.81. The van der Waals surface area contributed by atoms with Crippen LogP contribution in [-0.4, -0.2) is 78.3 Å². The smallest absolute Gasteiger partial charge is 0.355 e. The van der Waals surface area contributed by atoms with Crippen molar-refractivity contribution in [2.45, 2.75) is 52.2 Å². The molecule has 1 N–H and O–H groups in total. The Morgan fingerprint density at radius 3 is 2.75 bits per heavy atom. The number of nitrogens with zero attached hydrogens (tertiary/aromatic N) is 3. The number of hydrogen-bond donors (Lipinski definition) is 1. The van der Waals surface area contributed by atoms with Crippen LogP contribution in [0, 0.1) is 5.82 Å². The van der Waals surface area contributed by atoms with Gasteiger partial charge in [-0.25, -0.2) is 9.18 Å². The third-order valence-corrected chi connectivity index (χ3v) is 10.1. The zero-order valence-electron chi connectivity index (χ0n) is 29.2. The molecule has 1 atom stereocenters. The van der Waals surface area contributed by atoms with Gasteiger partial charge in [-0.1, -0.05) is 48.9 Å². The van der Waals surface area contributed by atoms with E-state index in [0.717, 1.165) is 89.0 Å². The number of H-pyrrole nitrogens is 1. The lowest BCUT2D eigenvalue weighted by Gasteiger charge is -2.28. The Morgan fingerprint density at radius 1 is 1.08 bits per heavy atom. The van der Waals surface area contributed by atoms with Crippen molar-refractivity contribution in [1.82, 2.24) is 19.7 Å². The maximum absolute atomic E-state index is 13.9. The van der Waals surface area contributed by atoms with E-state index in [-0.39, 0.29) is 24.5 Å². The summed E-state index contributed by atoms with van der Waals surface area (Å²) in [6.45, 7) is 9.50. The third-order valence-electron chi connectivity index (χ3n) is 9.82. The van der Waals surface area contributed by atoms with Gasteiger partial charge >= 0.3 is 5.97 Å². The number of aryl methyl sites for hydroxylation is 2. The fourth-order valence-electron chi connectivity index (χ4n) is 7.39. The van der Waals surface area contributed by atoms with Gasteiger partial charge in [0.25, 0.3) is 0 Å². The molecule has 7 rings (SSSR count). The van der Waals surface area contributed by atoms with Crippen LogP contribution in [0.2, 0.25) is 5.02 Å². The second kappa shape index (κ2) is 16.0. The minimum atomic E-state index is -0.381. The number of benzene rings is 3. The van der Waals surface area contributed by atoms with Crippen LogP contribution in [0.1, 0.15) is 60.2 Å². The third kappa shape index (κ3) is 7.28. The summed E-state index contributed by atoms with van der Waals surface area (Å²) in [5, 5.41) is 11.3. The lowest BCUT2D eigenvalue weighted by atomic mass is 9.95. The predicted octanol–water partition coefficient (Wildman–Crippen LogP) is 8.08. The zero-order valence-corrected chi connectivity index (χ0v) is 29.9. The molecule has 2 aromatic heterocycles. The quantitative estimate of drug-likeness (QED) is 0.0841. The molecular formula is C40H44ClFN4O5. The Balaban J connectivity index is 1.29. The number of halogens is 2. The van der Waals surface area contributed by atoms with Crippen molar-refractivity contribution in [1.29, 1.82) is 0 Å². The van der Waals surface area contributed by atoms with E-state index in [4.69, 9.17) is 35.6 Å². The molecule has 0 saturated carbocycles. The van der Waals surface area contributed by atoms with Crippen LogP contribution in [0.4, 0.5) is 4.39 Å². The van der Waals surface area contributed by atoms with Gasteiger partial charge in [-0.05, 0) is 73.9 Å². The van der Waals surface area contributed by atoms with Crippen LogP contribution in [0.3, 0.4) is 0 Å². The molecular weight excluding hydrogens is 671 g/mol. The van der Waals surface area contributed by atoms with Crippen molar-refractivity contribution < 1.29 is 28.1 Å². The molecule has 1 fully saturated rings. The highest BCUT2D eigenvalue weighted by molar-refractivity contribution is 6.35. The number of allylic oxidation sites excluding steroid dienone is 1. The molecule has 2 aliphatic heterocycles. The van der Waals surface area contributed by atoms with Gasteiger partial charge in [0, 0.05) is 53.8 Å². The molecule has 268 valence electrons. The first-order valence-corrected chi connectivity index (χ1v) is 18.3. The highest BCUT2D eigenvalue weighted by atomic mass is 35.5. The number of ether oxygens (including phenoxy) is 4. The maximum atomic E-state index is 13.9. The van der Waals surface area contributed by atoms with Crippen molar-refractivity contribution in [3.63, 3.8) is 0 Å². The maximum Gasteiger partial charge on any atom is 0.355 e. The average molecular weight is 715 g/mol. The molecule has 1 saturated heterocycles. The number of rotatable bonds is 11. The molecule has 0 unspecified atom stereocenters. The van der Waals surface area contributed by atoms with Crippen LogP contribution < -0.4 is 4.74 Å². The van der Waals surface area contributed by atoms with Gasteiger partial charge in [0.15, 0.2) is 0 Å². The summed E-state index contributed by atoms with van der Waals surface area (Å²) >= 11 is 7.19. The fourth-order valence-corrected chi connectivity index (χ4v) is 7.63. The lowest BCUT2D eigenvalue weighted by Crippen LogP contribution is -2.37. The molecule has 3 aromatic carbocycles. The number of fused-ring (bicyclic) bond motifs is 3. The van der Waals surface area contributed by atoms with Gasteiger partial charge in [-0.15, -0.1) is 0 Å². The molecule has 0 aliphatic carbocycles. The van der Waals surface area contributed by atoms with E-state index in [1.54, 1.807) is 6.07 Å². The number of aromatic nitrogens is 3. The number of hydrogen-bond acceptors (Lipinski definition) is 7. The summed E-state index contributed by atoms with van der Waals surface area (Å²) < 4.78 is 40.0. The molecule has 0 amide bonds. The van der Waals surface area contributed by atoms with Crippen molar-refractivity contribution in [3.05, 3.63) is 94.2 Å². The second-order valence-corrected chi connectivity index (χ2v) is 13.3. The summed E-state index contributed by atoms with van der Waals surface area (Å²) in [4.78, 5) is 16.3. The van der Waals surface area contributed by atoms with E-state index in [1.165, 1.54) is 12.1 Å². The highest BCUT2D eigenvalue weighted by Crippen LogP contribution is 2.44. The van der Waals surface area contributed by atoms with E-state index < -0.39 is 0 Å². The molecule has 5 aromatic rings. The molecule has 2 aliphatic rings. The van der Waals surface area contributed by atoms with Crippen LogP contribution in [0.25, 0.3) is 32.8 Å². The summed E-state index contributed by atoms with van der Waals surface area (Å²) in [5.74, 6) is 0.0282. The standard InChI is InChI=1S/C40H44ClFN4O5/c1-3-32-36-35-31(41)15-14-30-29(10-8-22-50-33-11-7-9-26-25-27(42)12-13-28(26)33)39(40(47)49-4-2)46(38(30)35)17-5-6-21-51-34(37(36)44-43-32)16-18-45-19-23-48-24-20-45/h5-7,9,11-15,25,34H,3-4,8,10,16-24H2,1-2H3,(H,43,44)/b6-5-/t34-/m1/s1. The number of aromatic amines is 1. The van der Waals surface area contributed by atoms with Crippen LogP contribution in [-0.2, 0) is 33.6 Å². The zero-order chi connectivity index (χ0) is 35.3. The predicted molar refractivity (Wildman–Crippen MR) is 197 cm³/mol. The molecule has 0 radical (unpaired) electrons. The monoisotopic (exact) mass is 714 g/mol. The summed E-state index contributed by atoms with van der Waals surface area (Å²) in [6, 6.07) is 14.3. The minimum Gasteiger partial charge on any atom is -0.493 e. The number of esters is 1. The van der Waals surface area contributed by atoms with Crippen molar-refractivity contribution in [3.8, 4) is 16.9 Å². The number of nitrogens with one attached hydrogen (secondary N) is 1. The summed E-state index contributed by atoms with van der Waals surface area (Å²) in [6.07, 6.45) is 6.43. The Morgan fingerprint density at radius 2 is 1.92 bits per heavy atom. The molecule has 51 heavy (non-hydrogen) atoms. The van der Waals surface area contributed by atoms with E-state index in [1.807, 2.05) is 54.0 Å². The van der Waals surface area contributed by atoms with Crippen LogP contribution >= 0.6 is 11.6 Å². The lowest BCUT2D eigenvalue weighted by molar-refractivity contribution is 0.0177. The molecule has 4 heterocycles. The van der Waals surface area contributed by atoms with Crippen LogP contribution in [0.15, 0.2) is 60.7 Å². The van der Waals surface area contributed by atoms with E-state index in [9.17, 15) is 9.18 Å². The number of carbonyl (C=O) groups is 1. The van der Waals surface area contributed by atoms with Crippen molar-refractivity contribution >= 4 is 39.2 Å². The first kappa shape index (κ1) is 35.2.